The van der Waals surface area contributed by atoms with Crippen molar-refractivity contribution in [2.45, 2.75) is 239 Å². The lowest BCUT2D eigenvalue weighted by Gasteiger charge is -2.18. The van der Waals surface area contributed by atoms with Crippen molar-refractivity contribution in [3.8, 4) is 0 Å². The van der Waals surface area contributed by atoms with Crippen LogP contribution >= 0.6 is 0 Å². The molecule has 6 nitrogen and oxygen atoms in total. The summed E-state index contributed by atoms with van der Waals surface area (Å²) in [6, 6.07) is 0. The van der Waals surface area contributed by atoms with E-state index in [-0.39, 0.29) is 31.1 Å². The Hall–Kier alpha value is -2.89. The van der Waals surface area contributed by atoms with E-state index in [1.165, 1.54) is 96.3 Å². The van der Waals surface area contributed by atoms with Gasteiger partial charge >= 0.3 is 17.9 Å². The van der Waals surface area contributed by atoms with Crippen molar-refractivity contribution in [3.63, 3.8) is 0 Å². The fourth-order valence-electron chi connectivity index (χ4n) is 6.55. The molecule has 0 N–H and O–H groups in total. The van der Waals surface area contributed by atoms with Crippen LogP contribution in [0.1, 0.15) is 233 Å². The molecule has 0 saturated carbocycles. The molecule has 6 heteroatoms. The highest BCUT2D eigenvalue weighted by Gasteiger charge is 2.19. The first kappa shape index (κ1) is 55.1. The summed E-state index contributed by atoms with van der Waals surface area (Å²) in [5, 5.41) is 0. The van der Waals surface area contributed by atoms with Crippen LogP contribution in [0.5, 0.6) is 0 Å². The van der Waals surface area contributed by atoms with Gasteiger partial charge in [-0.2, -0.15) is 0 Å². The van der Waals surface area contributed by atoms with Crippen molar-refractivity contribution in [2.75, 3.05) is 13.2 Å². The fraction of sp³-hybridized carbons (Fsp3) is 0.750. The van der Waals surface area contributed by atoms with Gasteiger partial charge in [0.15, 0.2) is 6.10 Å². The van der Waals surface area contributed by atoms with Crippen LogP contribution in [-0.4, -0.2) is 37.2 Å². The first-order chi connectivity index (χ1) is 28.5. The molecule has 0 fully saturated rings. The van der Waals surface area contributed by atoms with Gasteiger partial charge in [0.1, 0.15) is 13.2 Å². The van der Waals surface area contributed by atoms with Crippen LogP contribution in [0, 0.1) is 0 Å². The minimum absolute atomic E-state index is 0.0884. The van der Waals surface area contributed by atoms with Gasteiger partial charge in [-0.05, 0) is 96.3 Å². The average Bonchev–Trinajstić information content (AvgIpc) is 3.22. The summed E-state index contributed by atoms with van der Waals surface area (Å²) in [5.41, 5.74) is 0. The SMILES string of the molecule is CC/C=C\C/C=C\C/C=C\CCCCCCC(=O)OC(COC(=O)CCCCCCC/C=C\CCCC)COC(=O)CCCCCCCCC/C=C\CCCCCC. The molecule has 1 atom stereocenters. The molecular formula is C52H90O6. The monoisotopic (exact) mass is 811 g/mol. The molecule has 0 spiro atoms. The molecule has 0 aliphatic heterocycles. The average molecular weight is 811 g/mol. The van der Waals surface area contributed by atoms with Gasteiger partial charge in [-0.25, -0.2) is 0 Å². The number of esters is 3. The zero-order chi connectivity index (χ0) is 42.3. The van der Waals surface area contributed by atoms with Crippen LogP contribution in [0.2, 0.25) is 0 Å². The van der Waals surface area contributed by atoms with E-state index in [1.807, 2.05) is 0 Å². The number of ether oxygens (including phenoxy) is 3. The van der Waals surface area contributed by atoms with Gasteiger partial charge in [0, 0.05) is 19.3 Å². The fourth-order valence-corrected chi connectivity index (χ4v) is 6.55. The number of allylic oxidation sites excluding steroid dienone is 10. The predicted octanol–water partition coefficient (Wildman–Crippen LogP) is 15.7. The van der Waals surface area contributed by atoms with E-state index in [0.717, 1.165) is 96.3 Å². The van der Waals surface area contributed by atoms with Crippen molar-refractivity contribution in [2.24, 2.45) is 0 Å². The van der Waals surface area contributed by atoms with Crippen molar-refractivity contribution >= 4 is 17.9 Å². The molecule has 58 heavy (non-hydrogen) atoms. The van der Waals surface area contributed by atoms with Crippen LogP contribution in [0.25, 0.3) is 0 Å². The number of unbranched alkanes of at least 4 members (excludes halogenated alkanes) is 22. The number of rotatable bonds is 43. The Kier molecular flexibility index (Phi) is 44.5. The maximum atomic E-state index is 12.7. The van der Waals surface area contributed by atoms with Gasteiger partial charge in [0.25, 0.3) is 0 Å². The Morgan fingerprint density at radius 3 is 1.12 bits per heavy atom. The molecule has 0 heterocycles. The minimum atomic E-state index is -0.788. The highest BCUT2D eigenvalue weighted by atomic mass is 16.6. The van der Waals surface area contributed by atoms with Crippen molar-refractivity contribution < 1.29 is 28.6 Å². The quantitative estimate of drug-likeness (QED) is 0.0264. The van der Waals surface area contributed by atoms with Crippen molar-refractivity contribution in [1.82, 2.24) is 0 Å². The highest BCUT2D eigenvalue weighted by molar-refractivity contribution is 5.71. The third-order valence-electron chi connectivity index (χ3n) is 10.2. The summed E-state index contributed by atoms with van der Waals surface area (Å²) in [7, 11) is 0. The lowest BCUT2D eigenvalue weighted by molar-refractivity contribution is -0.167. The number of hydrogen-bond acceptors (Lipinski definition) is 6. The topological polar surface area (TPSA) is 78.9 Å². The van der Waals surface area contributed by atoms with Gasteiger partial charge in [0.05, 0.1) is 0 Å². The van der Waals surface area contributed by atoms with Gasteiger partial charge < -0.3 is 14.2 Å². The predicted molar refractivity (Wildman–Crippen MR) is 247 cm³/mol. The van der Waals surface area contributed by atoms with Crippen molar-refractivity contribution in [3.05, 3.63) is 60.8 Å². The first-order valence-corrected chi connectivity index (χ1v) is 24.3. The van der Waals surface area contributed by atoms with E-state index in [4.69, 9.17) is 14.2 Å². The van der Waals surface area contributed by atoms with Crippen LogP contribution in [0.4, 0.5) is 0 Å². The molecular weight excluding hydrogens is 721 g/mol. The summed E-state index contributed by atoms with van der Waals surface area (Å²) in [6.07, 6.45) is 56.3. The second-order valence-corrected chi connectivity index (χ2v) is 16.0. The van der Waals surface area contributed by atoms with E-state index in [0.29, 0.717) is 19.3 Å². The number of carbonyl (C=O) groups is 3. The van der Waals surface area contributed by atoms with E-state index in [9.17, 15) is 14.4 Å². The van der Waals surface area contributed by atoms with Gasteiger partial charge in [-0.1, -0.05) is 178 Å². The van der Waals surface area contributed by atoms with Crippen LogP contribution in [0.15, 0.2) is 60.8 Å². The van der Waals surface area contributed by atoms with E-state index in [2.05, 4.69) is 81.5 Å². The molecule has 1 unspecified atom stereocenters. The Morgan fingerprint density at radius 1 is 0.362 bits per heavy atom. The lowest BCUT2D eigenvalue weighted by Crippen LogP contribution is -2.30. The van der Waals surface area contributed by atoms with E-state index >= 15 is 0 Å². The zero-order valence-corrected chi connectivity index (χ0v) is 38.0. The highest BCUT2D eigenvalue weighted by Crippen LogP contribution is 2.14. The summed E-state index contributed by atoms with van der Waals surface area (Å²) < 4.78 is 16.7. The maximum Gasteiger partial charge on any atom is 0.306 e. The van der Waals surface area contributed by atoms with Gasteiger partial charge in [0.2, 0.25) is 0 Å². The number of hydrogen-bond donors (Lipinski definition) is 0. The molecule has 0 bridgehead atoms. The minimum Gasteiger partial charge on any atom is -0.462 e. The summed E-state index contributed by atoms with van der Waals surface area (Å²) in [4.78, 5) is 37.8. The molecule has 0 aromatic rings. The molecule has 0 radical (unpaired) electrons. The molecule has 0 saturated heterocycles. The lowest BCUT2D eigenvalue weighted by atomic mass is 10.1. The standard InChI is InChI=1S/C52H90O6/c1-4-7-10-13-16-19-22-24-26-28-30-33-36-39-42-45-51(54)57-48-49(47-56-50(53)44-41-38-35-32-29-21-18-15-12-9-6-3)58-52(55)46-43-40-37-34-31-27-25-23-20-17-14-11-8-5-2/h8,11,15,17-20,22,25,27,49H,4-7,9-10,12-14,16,21,23-24,26,28-48H2,1-3H3/b11-8-,18-15-,20-17-,22-19-,27-25-. The molecule has 0 aromatic carbocycles. The molecule has 0 rings (SSSR count). The third-order valence-corrected chi connectivity index (χ3v) is 10.2. The van der Waals surface area contributed by atoms with E-state index in [1.54, 1.807) is 0 Å². The largest absolute Gasteiger partial charge is 0.462 e. The first-order valence-electron chi connectivity index (χ1n) is 24.3. The molecule has 0 aliphatic carbocycles. The summed E-state index contributed by atoms with van der Waals surface area (Å²) in [6.45, 7) is 6.44. The van der Waals surface area contributed by atoms with E-state index < -0.39 is 6.10 Å². The molecule has 0 aliphatic rings. The Balaban J connectivity index is 4.42. The zero-order valence-electron chi connectivity index (χ0n) is 38.0. The molecule has 0 amide bonds. The van der Waals surface area contributed by atoms with Crippen LogP contribution in [-0.2, 0) is 28.6 Å². The summed E-state index contributed by atoms with van der Waals surface area (Å²) in [5.74, 6) is -0.926. The third kappa shape index (κ3) is 44.2. The van der Waals surface area contributed by atoms with Gasteiger partial charge in [-0.15, -0.1) is 0 Å². The van der Waals surface area contributed by atoms with Crippen LogP contribution < -0.4 is 0 Å². The van der Waals surface area contributed by atoms with Gasteiger partial charge in [-0.3, -0.25) is 14.4 Å². The number of carbonyl (C=O) groups excluding carboxylic acids is 3. The van der Waals surface area contributed by atoms with Crippen molar-refractivity contribution in [1.29, 1.82) is 0 Å². The maximum absolute atomic E-state index is 12.7. The van der Waals surface area contributed by atoms with Crippen LogP contribution in [0.3, 0.4) is 0 Å². The normalized spacial score (nSPS) is 12.5. The molecule has 0 aromatic heterocycles. The second-order valence-electron chi connectivity index (χ2n) is 16.0. The summed E-state index contributed by atoms with van der Waals surface area (Å²) >= 11 is 0. The Bertz CT molecular complexity index is 1070. The Morgan fingerprint density at radius 2 is 0.690 bits per heavy atom. The smallest absolute Gasteiger partial charge is 0.306 e. The molecule has 334 valence electrons. The second kappa shape index (κ2) is 46.8. The Labute approximate surface area is 358 Å².